The number of benzene rings is 2. The summed E-state index contributed by atoms with van der Waals surface area (Å²) in [6.45, 7) is 2.43. The van der Waals surface area contributed by atoms with Gasteiger partial charge in [0, 0.05) is 36.7 Å². The fourth-order valence-electron chi connectivity index (χ4n) is 6.40. The van der Waals surface area contributed by atoms with Gasteiger partial charge in [0.05, 0.1) is 29.9 Å². The van der Waals surface area contributed by atoms with Gasteiger partial charge in [0.1, 0.15) is 12.0 Å². The fourth-order valence-corrected chi connectivity index (χ4v) is 6.40. The van der Waals surface area contributed by atoms with Gasteiger partial charge in [0.25, 0.3) is 0 Å². The Bertz CT molecular complexity index is 1280. The Morgan fingerprint density at radius 1 is 0.976 bits per heavy atom. The minimum absolute atomic E-state index is 0.0430. The Labute approximate surface area is 232 Å². The molecule has 0 bridgehead atoms. The van der Waals surface area contributed by atoms with Crippen molar-refractivity contribution in [1.82, 2.24) is 10.2 Å². The molecule has 222 valence electrons. The molecule has 1 unspecified atom stereocenters. The van der Waals surface area contributed by atoms with Gasteiger partial charge in [-0.2, -0.15) is 26.3 Å². The van der Waals surface area contributed by atoms with Crippen LogP contribution in [-0.4, -0.2) is 47.8 Å². The van der Waals surface area contributed by atoms with Crippen molar-refractivity contribution in [3.05, 3.63) is 82.3 Å². The summed E-state index contributed by atoms with van der Waals surface area (Å²) in [4.78, 5) is 13.8. The average molecular weight is 587 g/mol. The highest BCUT2D eigenvalue weighted by Gasteiger charge is 2.51. The van der Waals surface area contributed by atoms with Crippen LogP contribution in [0.25, 0.3) is 0 Å². The number of aliphatic hydroxyl groups is 1. The Balaban J connectivity index is 1.48. The van der Waals surface area contributed by atoms with Crippen LogP contribution in [-0.2, 0) is 21.9 Å². The number of nitrogens with one attached hydrogen (secondary N) is 1. The van der Waals surface area contributed by atoms with Crippen LogP contribution in [0.2, 0.25) is 0 Å². The number of rotatable bonds is 5. The molecule has 1 saturated heterocycles. The van der Waals surface area contributed by atoms with E-state index in [1.807, 2.05) is 0 Å². The molecule has 0 spiro atoms. The summed E-state index contributed by atoms with van der Waals surface area (Å²) in [6.07, 6.45) is -10.4. The number of halogens is 7. The molecule has 1 saturated carbocycles. The van der Waals surface area contributed by atoms with Gasteiger partial charge >= 0.3 is 12.4 Å². The van der Waals surface area contributed by atoms with Crippen LogP contribution < -0.4 is 5.32 Å². The number of ketones is 1. The van der Waals surface area contributed by atoms with Crippen LogP contribution in [0.1, 0.15) is 54.0 Å². The zero-order valence-electron chi connectivity index (χ0n) is 22.0. The van der Waals surface area contributed by atoms with Crippen molar-refractivity contribution in [3.8, 4) is 0 Å². The standard InChI is InChI=1S/C29H29F7N2O3/c1-15(18-8-19(28(31,32)33)10-20(9-18)29(34,35)36)41-24-7-4-17-14-38(22-11-23(39)13-37-12-22)27(40)26(17)25(24)16-2-5-21(30)6-3-16/h2-3,5-6,8-11,15,17,24-27,37,40H,4,7,12-14H2,1H3/t15-,17-,24+,25-,26-,27?/m1/s1. The highest BCUT2D eigenvalue weighted by molar-refractivity contribution is 5.92. The first-order valence-corrected chi connectivity index (χ1v) is 13.3. The molecule has 1 aliphatic carbocycles. The third-order valence-corrected chi connectivity index (χ3v) is 8.29. The molecule has 0 aromatic heterocycles. The number of nitrogens with zero attached hydrogens (tertiary/aromatic N) is 1. The van der Waals surface area contributed by atoms with Crippen molar-refractivity contribution in [2.75, 3.05) is 19.6 Å². The number of carbonyl (C=O) groups excluding carboxylic acids is 1. The summed E-state index contributed by atoms with van der Waals surface area (Å²) < 4.78 is 101. The molecule has 2 aromatic rings. The average Bonchev–Trinajstić information content (AvgIpc) is 3.24. The summed E-state index contributed by atoms with van der Waals surface area (Å²) in [6, 6.07) is 7.01. The number of hydrogen-bond acceptors (Lipinski definition) is 5. The zero-order valence-corrected chi connectivity index (χ0v) is 22.0. The third kappa shape index (κ3) is 6.14. The normalized spacial score (nSPS) is 27.9. The maximum absolute atomic E-state index is 13.8. The van der Waals surface area contributed by atoms with Gasteiger partial charge in [-0.3, -0.25) is 4.79 Å². The quantitative estimate of drug-likeness (QED) is 0.434. The molecular weight excluding hydrogens is 557 g/mol. The van der Waals surface area contributed by atoms with Crippen molar-refractivity contribution in [3.63, 3.8) is 0 Å². The molecule has 2 aromatic carbocycles. The lowest BCUT2D eigenvalue weighted by Gasteiger charge is -2.42. The van der Waals surface area contributed by atoms with Gasteiger partial charge < -0.3 is 20.1 Å². The highest BCUT2D eigenvalue weighted by atomic mass is 19.4. The van der Waals surface area contributed by atoms with Crippen molar-refractivity contribution < 1.29 is 45.4 Å². The van der Waals surface area contributed by atoms with Gasteiger partial charge in [0.15, 0.2) is 5.78 Å². The number of ether oxygens (including phenoxy) is 1. The molecule has 2 heterocycles. The van der Waals surface area contributed by atoms with E-state index in [1.54, 1.807) is 17.0 Å². The van der Waals surface area contributed by atoms with Gasteiger partial charge in [-0.25, -0.2) is 4.39 Å². The van der Waals surface area contributed by atoms with Crippen LogP contribution >= 0.6 is 0 Å². The van der Waals surface area contributed by atoms with E-state index in [0.717, 1.165) is 0 Å². The monoisotopic (exact) mass is 586 g/mol. The Kier molecular flexibility index (Phi) is 7.95. The van der Waals surface area contributed by atoms with Gasteiger partial charge in [-0.15, -0.1) is 0 Å². The first kappa shape index (κ1) is 29.5. The van der Waals surface area contributed by atoms with E-state index in [1.165, 1.54) is 25.1 Å². The lowest BCUT2D eigenvalue weighted by Crippen LogP contribution is -2.43. The lowest BCUT2D eigenvalue weighted by molar-refractivity contribution is -0.143. The largest absolute Gasteiger partial charge is 0.416 e. The van der Waals surface area contributed by atoms with Crippen molar-refractivity contribution in [2.24, 2.45) is 11.8 Å². The molecular formula is C29H29F7N2O3. The van der Waals surface area contributed by atoms with Crippen LogP contribution in [0, 0.1) is 17.7 Å². The van der Waals surface area contributed by atoms with Crippen molar-refractivity contribution >= 4 is 5.78 Å². The summed E-state index contributed by atoms with van der Waals surface area (Å²) in [7, 11) is 0. The highest BCUT2D eigenvalue weighted by Crippen LogP contribution is 2.51. The molecule has 5 rings (SSSR count). The van der Waals surface area contributed by atoms with Crippen LogP contribution in [0.15, 0.2) is 54.2 Å². The number of fused-ring (bicyclic) bond motifs is 1. The topological polar surface area (TPSA) is 61.8 Å². The minimum Gasteiger partial charge on any atom is -0.373 e. The summed E-state index contributed by atoms with van der Waals surface area (Å²) >= 11 is 0. The molecule has 41 heavy (non-hydrogen) atoms. The number of hydrogen-bond donors (Lipinski definition) is 2. The van der Waals surface area contributed by atoms with Crippen LogP contribution in [0.3, 0.4) is 0 Å². The van der Waals surface area contributed by atoms with Gasteiger partial charge in [-0.1, -0.05) is 12.1 Å². The second-order valence-corrected chi connectivity index (χ2v) is 10.9. The van der Waals surface area contributed by atoms with Gasteiger partial charge in [0.2, 0.25) is 0 Å². The first-order chi connectivity index (χ1) is 19.2. The smallest absolute Gasteiger partial charge is 0.373 e. The van der Waals surface area contributed by atoms with Crippen LogP contribution in [0.5, 0.6) is 0 Å². The summed E-state index contributed by atoms with van der Waals surface area (Å²) in [5.74, 6) is -1.65. The predicted molar refractivity (Wildman–Crippen MR) is 134 cm³/mol. The Morgan fingerprint density at radius 3 is 2.20 bits per heavy atom. The van der Waals surface area contributed by atoms with E-state index in [0.29, 0.717) is 49.3 Å². The van der Waals surface area contributed by atoms with E-state index in [9.17, 15) is 40.6 Å². The minimum atomic E-state index is -4.99. The molecule has 0 amide bonds. The molecule has 5 nitrogen and oxygen atoms in total. The SMILES string of the molecule is C[C@@H](O[C@H]1CC[C@@H]2CN(C3=CC(=O)CNC3)C(O)[C@H]2[C@@H]1c1ccc(F)cc1)c1cc(C(F)(F)F)cc(C(F)(F)F)c1. The molecule has 2 fully saturated rings. The Morgan fingerprint density at radius 2 is 1.61 bits per heavy atom. The first-order valence-electron chi connectivity index (χ1n) is 13.3. The third-order valence-electron chi connectivity index (χ3n) is 8.29. The fraction of sp³-hybridized carbons (Fsp3) is 0.483. The second kappa shape index (κ2) is 11.0. The van der Waals surface area contributed by atoms with Crippen molar-refractivity contribution in [2.45, 2.75) is 56.5 Å². The van der Waals surface area contributed by atoms with E-state index >= 15 is 0 Å². The maximum atomic E-state index is 13.8. The molecule has 2 N–H and O–H groups in total. The van der Waals surface area contributed by atoms with E-state index in [2.05, 4.69) is 5.32 Å². The van der Waals surface area contributed by atoms with Crippen molar-refractivity contribution in [1.29, 1.82) is 0 Å². The number of carbonyl (C=O) groups is 1. The molecule has 2 aliphatic heterocycles. The number of aliphatic hydroxyl groups excluding tert-OH is 1. The number of likely N-dealkylation sites (tertiary alicyclic amines) is 1. The lowest BCUT2D eigenvalue weighted by atomic mass is 9.68. The zero-order chi connectivity index (χ0) is 29.7. The second-order valence-electron chi connectivity index (χ2n) is 10.9. The van der Waals surface area contributed by atoms with Gasteiger partial charge in [-0.05, 0) is 67.1 Å². The Hall–Kier alpha value is -2.96. The number of alkyl halides is 6. The summed E-state index contributed by atoms with van der Waals surface area (Å²) in [5.41, 5.74) is -1.87. The molecule has 12 heteroatoms. The van der Waals surface area contributed by atoms with E-state index in [4.69, 9.17) is 4.74 Å². The van der Waals surface area contributed by atoms with E-state index in [-0.39, 0.29) is 29.9 Å². The molecule has 0 radical (unpaired) electrons. The van der Waals surface area contributed by atoms with E-state index < -0.39 is 59.6 Å². The molecule has 6 atom stereocenters. The van der Waals surface area contributed by atoms with Crippen LogP contribution in [0.4, 0.5) is 30.7 Å². The predicted octanol–water partition coefficient (Wildman–Crippen LogP) is 5.81. The maximum Gasteiger partial charge on any atom is 0.416 e. The summed E-state index contributed by atoms with van der Waals surface area (Å²) in [5, 5.41) is 14.5. The molecule has 3 aliphatic rings.